The van der Waals surface area contributed by atoms with Crippen LogP contribution in [0, 0.1) is 0 Å². The standard InChI is InChI=1S/C14H17N3O2S/c1-17(9-11-4-3-7-20-11)13-8-10(19-2)5-6-12(13)14(15)16-18/h3-8,18H,9H2,1-2H3,(H2,15,16). The van der Waals surface area contributed by atoms with E-state index in [0.717, 1.165) is 18.0 Å². The molecule has 1 aromatic heterocycles. The molecule has 0 aliphatic heterocycles. The van der Waals surface area contributed by atoms with Crippen molar-refractivity contribution in [1.29, 1.82) is 0 Å². The van der Waals surface area contributed by atoms with Gasteiger partial charge in [0.1, 0.15) is 5.75 Å². The summed E-state index contributed by atoms with van der Waals surface area (Å²) in [6, 6.07) is 9.54. The maximum Gasteiger partial charge on any atom is 0.172 e. The number of rotatable bonds is 5. The topological polar surface area (TPSA) is 71.1 Å². The molecule has 0 bridgehead atoms. The monoisotopic (exact) mass is 291 g/mol. The summed E-state index contributed by atoms with van der Waals surface area (Å²) in [6.45, 7) is 0.747. The minimum Gasteiger partial charge on any atom is -0.497 e. The Morgan fingerprint density at radius 2 is 2.25 bits per heavy atom. The largest absolute Gasteiger partial charge is 0.497 e. The minimum atomic E-state index is 0.0840. The molecule has 106 valence electrons. The number of thiophene rings is 1. The third-order valence-corrected chi connectivity index (χ3v) is 3.83. The van der Waals surface area contributed by atoms with Crippen LogP contribution < -0.4 is 15.4 Å². The molecule has 3 N–H and O–H groups in total. The summed E-state index contributed by atoms with van der Waals surface area (Å²) in [5.74, 6) is 0.813. The average Bonchev–Trinajstić information content (AvgIpc) is 2.98. The van der Waals surface area contributed by atoms with Gasteiger partial charge in [-0.3, -0.25) is 0 Å². The molecule has 5 nitrogen and oxygen atoms in total. The molecule has 0 aliphatic carbocycles. The lowest BCUT2D eigenvalue weighted by Crippen LogP contribution is -2.22. The maximum atomic E-state index is 8.89. The Bertz CT molecular complexity index is 596. The highest BCUT2D eigenvalue weighted by atomic mass is 32.1. The van der Waals surface area contributed by atoms with Crippen LogP contribution in [-0.4, -0.2) is 25.2 Å². The van der Waals surface area contributed by atoms with Gasteiger partial charge in [0.05, 0.1) is 19.3 Å². The lowest BCUT2D eigenvalue weighted by atomic mass is 10.1. The second-order valence-electron chi connectivity index (χ2n) is 4.30. The highest BCUT2D eigenvalue weighted by Gasteiger charge is 2.13. The Labute approximate surface area is 121 Å². The van der Waals surface area contributed by atoms with Gasteiger partial charge in [0.15, 0.2) is 5.84 Å². The van der Waals surface area contributed by atoms with Crippen LogP contribution >= 0.6 is 11.3 Å². The Morgan fingerprint density at radius 1 is 1.45 bits per heavy atom. The predicted molar refractivity (Wildman–Crippen MR) is 81.9 cm³/mol. The summed E-state index contributed by atoms with van der Waals surface area (Å²) in [7, 11) is 3.57. The van der Waals surface area contributed by atoms with Crippen LogP contribution in [-0.2, 0) is 6.54 Å². The zero-order valence-electron chi connectivity index (χ0n) is 11.4. The number of nitrogens with two attached hydrogens (primary N) is 1. The van der Waals surface area contributed by atoms with Gasteiger partial charge in [-0.1, -0.05) is 11.2 Å². The summed E-state index contributed by atoms with van der Waals surface area (Å²) < 4.78 is 5.24. The molecule has 20 heavy (non-hydrogen) atoms. The molecule has 6 heteroatoms. The van der Waals surface area contributed by atoms with Crippen LogP contribution in [0.2, 0.25) is 0 Å². The smallest absolute Gasteiger partial charge is 0.172 e. The van der Waals surface area contributed by atoms with Crippen molar-refractivity contribution in [3.05, 3.63) is 46.2 Å². The summed E-state index contributed by atoms with van der Waals surface area (Å²) in [5, 5.41) is 14.0. The Morgan fingerprint density at radius 3 is 2.85 bits per heavy atom. The van der Waals surface area contributed by atoms with E-state index in [4.69, 9.17) is 15.7 Å². The van der Waals surface area contributed by atoms with Gasteiger partial charge in [0, 0.05) is 23.6 Å². The minimum absolute atomic E-state index is 0.0840. The van der Waals surface area contributed by atoms with Crippen LogP contribution in [0.5, 0.6) is 5.75 Å². The number of methoxy groups -OCH3 is 1. The number of benzene rings is 1. The van der Waals surface area contributed by atoms with Gasteiger partial charge in [-0.25, -0.2) is 0 Å². The van der Waals surface area contributed by atoms with Crippen molar-refractivity contribution in [2.45, 2.75) is 6.54 Å². The first-order valence-corrected chi connectivity index (χ1v) is 6.93. The lowest BCUT2D eigenvalue weighted by Gasteiger charge is -2.22. The van der Waals surface area contributed by atoms with Gasteiger partial charge < -0.3 is 20.6 Å². The zero-order chi connectivity index (χ0) is 14.5. The molecule has 0 spiro atoms. The fraction of sp³-hybridized carbons (Fsp3) is 0.214. The molecule has 0 fully saturated rings. The maximum absolute atomic E-state index is 8.89. The highest BCUT2D eigenvalue weighted by Crippen LogP contribution is 2.27. The van der Waals surface area contributed by atoms with Crippen molar-refractivity contribution in [3.63, 3.8) is 0 Å². The molecule has 2 aromatic rings. The number of hydrogen-bond acceptors (Lipinski definition) is 5. The predicted octanol–water partition coefficient (Wildman–Crippen LogP) is 2.49. The molecule has 1 aromatic carbocycles. The first-order valence-electron chi connectivity index (χ1n) is 6.05. The molecule has 0 amide bonds. The van der Waals surface area contributed by atoms with Crippen LogP contribution in [0.4, 0.5) is 5.69 Å². The Hall–Kier alpha value is -2.21. The number of amidine groups is 1. The SMILES string of the molecule is COc1ccc(/C(N)=N/O)c(N(C)Cc2cccs2)c1. The van der Waals surface area contributed by atoms with Gasteiger partial charge in [-0.15, -0.1) is 11.3 Å². The van der Waals surface area contributed by atoms with E-state index in [1.807, 2.05) is 29.5 Å². The number of anilines is 1. The fourth-order valence-electron chi connectivity index (χ4n) is 1.95. The number of ether oxygens (including phenoxy) is 1. The quantitative estimate of drug-likeness (QED) is 0.384. The fourth-order valence-corrected chi connectivity index (χ4v) is 2.70. The molecular weight excluding hydrogens is 274 g/mol. The van der Waals surface area contributed by atoms with Crippen molar-refractivity contribution < 1.29 is 9.94 Å². The summed E-state index contributed by atoms with van der Waals surface area (Å²) in [6.07, 6.45) is 0. The second-order valence-corrected chi connectivity index (χ2v) is 5.34. The van der Waals surface area contributed by atoms with Crippen LogP contribution in [0.25, 0.3) is 0 Å². The summed E-state index contributed by atoms with van der Waals surface area (Å²) >= 11 is 1.69. The van der Waals surface area contributed by atoms with E-state index in [2.05, 4.69) is 11.2 Å². The molecule has 0 unspecified atom stereocenters. The highest BCUT2D eigenvalue weighted by molar-refractivity contribution is 7.09. The van der Waals surface area contributed by atoms with Gasteiger partial charge >= 0.3 is 0 Å². The van der Waals surface area contributed by atoms with Crippen LogP contribution in [0.1, 0.15) is 10.4 Å². The van der Waals surface area contributed by atoms with Gasteiger partial charge in [0.2, 0.25) is 0 Å². The van der Waals surface area contributed by atoms with E-state index in [0.29, 0.717) is 5.56 Å². The molecule has 1 heterocycles. The van der Waals surface area contributed by atoms with Gasteiger partial charge in [-0.2, -0.15) is 0 Å². The number of hydrogen-bond donors (Lipinski definition) is 2. The van der Waals surface area contributed by atoms with Crippen molar-refractivity contribution in [1.82, 2.24) is 0 Å². The summed E-state index contributed by atoms with van der Waals surface area (Å²) in [5.41, 5.74) is 7.26. The van der Waals surface area contributed by atoms with Crippen LogP contribution in [0.15, 0.2) is 40.9 Å². The van der Waals surface area contributed by atoms with E-state index < -0.39 is 0 Å². The van der Waals surface area contributed by atoms with Crippen molar-refractivity contribution in [2.24, 2.45) is 10.9 Å². The number of nitrogens with zero attached hydrogens (tertiary/aromatic N) is 2. The third kappa shape index (κ3) is 3.03. The van der Waals surface area contributed by atoms with E-state index >= 15 is 0 Å². The van der Waals surface area contributed by atoms with Crippen LogP contribution in [0.3, 0.4) is 0 Å². The lowest BCUT2D eigenvalue weighted by molar-refractivity contribution is 0.318. The molecule has 0 aliphatic rings. The second kappa shape index (κ2) is 6.29. The third-order valence-electron chi connectivity index (χ3n) is 2.97. The molecule has 0 atom stereocenters. The number of oxime groups is 1. The normalized spacial score (nSPS) is 11.4. The van der Waals surface area contributed by atoms with Crippen molar-refractivity contribution >= 4 is 22.9 Å². The van der Waals surface area contributed by atoms with E-state index in [9.17, 15) is 0 Å². The molecule has 0 saturated heterocycles. The molecule has 0 radical (unpaired) electrons. The first-order chi connectivity index (χ1) is 9.65. The Balaban J connectivity index is 2.36. The zero-order valence-corrected chi connectivity index (χ0v) is 12.2. The van der Waals surface area contributed by atoms with E-state index in [-0.39, 0.29) is 5.84 Å². The molecule has 0 saturated carbocycles. The van der Waals surface area contributed by atoms with Crippen molar-refractivity contribution in [2.75, 3.05) is 19.1 Å². The van der Waals surface area contributed by atoms with Gasteiger partial charge in [-0.05, 0) is 23.6 Å². The average molecular weight is 291 g/mol. The van der Waals surface area contributed by atoms with Crippen molar-refractivity contribution in [3.8, 4) is 5.75 Å². The summed E-state index contributed by atoms with van der Waals surface area (Å²) in [4.78, 5) is 3.28. The molecular formula is C14H17N3O2S. The first kappa shape index (κ1) is 14.2. The van der Waals surface area contributed by atoms with E-state index in [1.54, 1.807) is 30.6 Å². The van der Waals surface area contributed by atoms with Gasteiger partial charge in [0.25, 0.3) is 0 Å². The Kier molecular flexibility index (Phi) is 4.47. The van der Waals surface area contributed by atoms with E-state index in [1.165, 1.54) is 4.88 Å². The molecule has 2 rings (SSSR count).